The van der Waals surface area contributed by atoms with Gasteiger partial charge in [0.15, 0.2) is 0 Å². The van der Waals surface area contributed by atoms with Gasteiger partial charge in [-0.1, -0.05) is 6.07 Å². The van der Waals surface area contributed by atoms with Crippen LogP contribution in [0.3, 0.4) is 0 Å². The monoisotopic (exact) mass is 222 g/mol. The average molecular weight is 222 g/mol. The van der Waals surface area contributed by atoms with Crippen molar-refractivity contribution in [3.8, 4) is 0 Å². The molecule has 0 spiro atoms. The lowest BCUT2D eigenvalue weighted by Gasteiger charge is -2.13. The number of amides is 3. The first kappa shape index (κ1) is 10.6. The molecule has 0 aliphatic carbocycles. The predicted molar refractivity (Wildman–Crippen MR) is 56.5 cm³/mol. The molecule has 0 N–H and O–H groups in total. The maximum Gasteiger partial charge on any atom is 0.331 e. The largest absolute Gasteiger partial charge is 0.331 e. The van der Waals surface area contributed by atoms with E-state index in [0.717, 1.165) is 4.90 Å². The van der Waals surface area contributed by atoms with Crippen LogP contribution in [-0.4, -0.2) is 29.9 Å². The highest BCUT2D eigenvalue weighted by Crippen LogP contribution is 2.24. The number of halogens is 1. The van der Waals surface area contributed by atoms with E-state index in [2.05, 4.69) is 0 Å². The Labute approximate surface area is 92.3 Å². The lowest BCUT2D eigenvalue weighted by molar-refractivity contribution is -0.119. The Kier molecular flexibility index (Phi) is 2.38. The average Bonchev–Trinajstić information content (AvgIpc) is 2.44. The number of imide groups is 1. The zero-order valence-electron chi connectivity index (χ0n) is 8.98. The molecule has 4 nitrogen and oxygen atoms in total. The number of urea groups is 1. The molecular formula is C11H11FN2O2. The fourth-order valence-electron chi connectivity index (χ4n) is 1.62. The van der Waals surface area contributed by atoms with Gasteiger partial charge in [0.2, 0.25) is 0 Å². The number of hydrogen-bond acceptors (Lipinski definition) is 2. The van der Waals surface area contributed by atoms with Crippen molar-refractivity contribution in [2.75, 3.05) is 11.9 Å². The van der Waals surface area contributed by atoms with E-state index >= 15 is 0 Å². The maximum atomic E-state index is 13.0. The molecule has 84 valence electrons. The molecule has 1 aromatic rings. The lowest BCUT2D eigenvalue weighted by Crippen LogP contribution is -2.31. The summed E-state index contributed by atoms with van der Waals surface area (Å²) in [6.07, 6.45) is 0. The van der Waals surface area contributed by atoms with Crippen LogP contribution in [0, 0.1) is 5.82 Å². The number of likely N-dealkylation sites (N-methyl/N-ethyl adjacent to an activating group) is 1. The van der Waals surface area contributed by atoms with Gasteiger partial charge < -0.3 is 4.90 Å². The standard InChI is InChI=1S/C11H11FN2O2/c1-7-10(15)14(11(16)13(7)2)9-5-3-4-8(12)6-9/h3-7H,1-2H3. The molecule has 0 bridgehead atoms. The van der Waals surface area contributed by atoms with Gasteiger partial charge in [-0.2, -0.15) is 0 Å². The Balaban J connectivity index is 2.42. The van der Waals surface area contributed by atoms with Gasteiger partial charge in [0.1, 0.15) is 11.9 Å². The first-order chi connectivity index (χ1) is 7.52. The van der Waals surface area contributed by atoms with Crippen LogP contribution in [0.1, 0.15) is 6.92 Å². The molecule has 0 saturated carbocycles. The van der Waals surface area contributed by atoms with E-state index in [9.17, 15) is 14.0 Å². The fraction of sp³-hybridized carbons (Fsp3) is 0.273. The van der Waals surface area contributed by atoms with Gasteiger partial charge in [-0.3, -0.25) is 4.79 Å². The highest BCUT2D eigenvalue weighted by molar-refractivity contribution is 6.21. The third-order valence-electron chi connectivity index (χ3n) is 2.72. The van der Waals surface area contributed by atoms with E-state index in [-0.39, 0.29) is 11.6 Å². The summed E-state index contributed by atoms with van der Waals surface area (Å²) < 4.78 is 13.0. The Morgan fingerprint density at radius 1 is 1.31 bits per heavy atom. The van der Waals surface area contributed by atoms with Gasteiger partial charge in [0.25, 0.3) is 5.91 Å². The second-order valence-electron chi connectivity index (χ2n) is 3.72. The number of benzene rings is 1. The summed E-state index contributed by atoms with van der Waals surface area (Å²) in [6.45, 7) is 1.64. The first-order valence-corrected chi connectivity index (χ1v) is 4.88. The quantitative estimate of drug-likeness (QED) is 0.677. The van der Waals surface area contributed by atoms with Gasteiger partial charge in [-0.25, -0.2) is 14.1 Å². The molecular weight excluding hydrogens is 211 g/mol. The normalized spacial score (nSPS) is 20.8. The summed E-state index contributed by atoms with van der Waals surface area (Å²) in [4.78, 5) is 25.8. The third kappa shape index (κ3) is 1.44. The van der Waals surface area contributed by atoms with Gasteiger partial charge in [-0.15, -0.1) is 0 Å². The minimum atomic E-state index is -0.504. The van der Waals surface area contributed by atoms with Crippen LogP contribution in [0.15, 0.2) is 24.3 Å². The van der Waals surface area contributed by atoms with E-state index in [4.69, 9.17) is 0 Å². The van der Waals surface area contributed by atoms with Gasteiger partial charge in [0, 0.05) is 7.05 Å². The number of nitrogens with zero attached hydrogens (tertiary/aromatic N) is 2. The molecule has 2 rings (SSSR count). The van der Waals surface area contributed by atoms with E-state index in [0.29, 0.717) is 0 Å². The summed E-state index contributed by atoms with van der Waals surface area (Å²) >= 11 is 0. The molecule has 3 amide bonds. The van der Waals surface area contributed by atoms with Crippen LogP contribution < -0.4 is 4.90 Å². The highest BCUT2D eigenvalue weighted by atomic mass is 19.1. The van der Waals surface area contributed by atoms with E-state index < -0.39 is 17.9 Å². The topological polar surface area (TPSA) is 40.6 Å². The Morgan fingerprint density at radius 3 is 2.50 bits per heavy atom. The van der Waals surface area contributed by atoms with Gasteiger partial charge in [0.05, 0.1) is 5.69 Å². The fourth-order valence-corrected chi connectivity index (χ4v) is 1.62. The van der Waals surface area contributed by atoms with Crippen LogP contribution >= 0.6 is 0 Å². The summed E-state index contributed by atoms with van der Waals surface area (Å²) in [6, 6.07) is 4.50. The smallest absolute Gasteiger partial charge is 0.315 e. The van der Waals surface area contributed by atoms with E-state index in [1.807, 2.05) is 0 Å². The number of carbonyl (C=O) groups excluding carboxylic acids is 2. The van der Waals surface area contributed by atoms with Crippen LogP contribution in [-0.2, 0) is 4.79 Å². The van der Waals surface area contributed by atoms with Crippen molar-refractivity contribution in [3.63, 3.8) is 0 Å². The minimum absolute atomic E-state index is 0.270. The number of hydrogen-bond donors (Lipinski definition) is 0. The van der Waals surface area contributed by atoms with Crippen LogP contribution in [0.4, 0.5) is 14.9 Å². The SMILES string of the molecule is CC1C(=O)N(c2cccc(F)c2)C(=O)N1C. The van der Waals surface area contributed by atoms with Crippen molar-refractivity contribution in [1.82, 2.24) is 4.90 Å². The molecule has 16 heavy (non-hydrogen) atoms. The minimum Gasteiger partial charge on any atom is -0.315 e. The van der Waals surface area contributed by atoms with E-state index in [1.165, 1.54) is 29.2 Å². The van der Waals surface area contributed by atoms with Crippen molar-refractivity contribution in [3.05, 3.63) is 30.1 Å². The highest BCUT2D eigenvalue weighted by Gasteiger charge is 2.41. The van der Waals surface area contributed by atoms with Crippen molar-refractivity contribution >= 4 is 17.6 Å². The molecule has 1 heterocycles. The van der Waals surface area contributed by atoms with Crippen molar-refractivity contribution in [1.29, 1.82) is 0 Å². The maximum absolute atomic E-state index is 13.0. The van der Waals surface area contributed by atoms with E-state index in [1.54, 1.807) is 14.0 Å². The van der Waals surface area contributed by atoms with Crippen LogP contribution in [0.25, 0.3) is 0 Å². The second-order valence-corrected chi connectivity index (χ2v) is 3.72. The lowest BCUT2D eigenvalue weighted by atomic mass is 10.2. The third-order valence-corrected chi connectivity index (χ3v) is 2.72. The molecule has 1 aliphatic heterocycles. The summed E-state index contributed by atoms with van der Waals surface area (Å²) in [7, 11) is 1.55. The predicted octanol–water partition coefficient (Wildman–Crippen LogP) is 1.61. The summed E-state index contributed by atoms with van der Waals surface area (Å²) in [5.74, 6) is -0.807. The molecule has 5 heteroatoms. The Morgan fingerprint density at radius 2 is 2.00 bits per heavy atom. The number of anilines is 1. The van der Waals surface area contributed by atoms with Gasteiger partial charge in [-0.05, 0) is 25.1 Å². The summed E-state index contributed by atoms with van der Waals surface area (Å²) in [5.41, 5.74) is 0.270. The Hall–Kier alpha value is -1.91. The molecule has 1 aliphatic rings. The van der Waals surface area contributed by atoms with Crippen LogP contribution in [0.5, 0.6) is 0 Å². The van der Waals surface area contributed by atoms with Crippen LogP contribution in [0.2, 0.25) is 0 Å². The zero-order chi connectivity index (χ0) is 11.9. The molecule has 1 unspecified atom stereocenters. The molecule has 0 radical (unpaired) electrons. The van der Waals surface area contributed by atoms with Gasteiger partial charge >= 0.3 is 6.03 Å². The molecule has 0 aromatic heterocycles. The summed E-state index contributed by atoms with van der Waals surface area (Å²) in [5, 5.41) is 0. The van der Waals surface area contributed by atoms with Crippen molar-refractivity contribution in [2.24, 2.45) is 0 Å². The first-order valence-electron chi connectivity index (χ1n) is 4.88. The molecule has 1 atom stereocenters. The number of rotatable bonds is 1. The Bertz CT molecular complexity index is 441. The molecule has 1 fully saturated rings. The van der Waals surface area contributed by atoms with Crippen molar-refractivity contribution < 1.29 is 14.0 Å². The second kappa shape index (κ2) is 3.59. The molecule has 1 saturated heterocycles. The number of carbonyl (C=O) groups is 2. The van der Waals surface area contributed by atoms with Crippen molar-refractivity contribution in [2.45, 2.75) is 13.0 Å². The molecule has 1 aromatic carbocycles. The zero-order valence-corrected chi connectivity index (χ0v) is 8.98.